The second-order valence-electron chi connectivity index (χ2n) is 3.12. The maximum Gasteiger partial charge on any atom is 0.0492 e. The summed E-state index contributed by atoms with van der Waals surface area (Å²) < 4.78 is 0. The van der Waals surface area contributed by atoms with E-state index in [0.29, 0.717) is 0 Å². The first kappa shape index (κ1) is 6.77. The van der Waals surface area contributed by atoms with E-state index >= 15 is 0 Å². The number of nitrogens with zero attached hydrogens (tertiary/aromatic N) is 2. The lowest BCUT2D eigenvalue weighted by Crippen LogP contribution is -2.21. The quantitative estimate of drug-likeness (QED) is 0.544. The highest BCUT2D eigenvalue weighted by atomic mass is 15.2. The number of rotatable bonds is 1. The van der Waals surface area contributed by atoms with E-state index in [0.717, 1.165) is 12.3 Å². The van der Waals surface area contributed by atoms with Crippen LogP contribution in [0.1, 0.15) is 25.7 Å². The van der Waals surface area contributed by atoms with Crippen LogP contribution in [0.3, 0.4) is 0 Å². The lowest BCUT2D eigenvalue weighted by molar-refractivity contribution is 0.409. The van der Waals surface area contributed by atoms with E-state index in [1.807, 2.05) is 6.08 Å². The molecular weight excluding hydrogens is 136 g/mol. The van der Waals surface area contributed by atoms with Gasteiger partial charge in [0, 0.05) is 18.3 Å². The minimum absolute atomic E-state index is 0.745. The molecule has 0 aromatic carbocycles. The summed E-state index contributed by atoms with van der Waals surface area (Å²) in [6, 6.07) is 0. The Labute approximate surface area is 66.7 Å². The minimum atomic E-state index is 0.745. The largest absolute Gasteiger partial charge is 0.160 e. The van der Waals surface area contributed by atoms with Crippen LogP contribution in [0.4, 0.5) is 0 Å². The molecule has 0 aromatic rings. The van der Waals surface area contributed by atoms with Crippen LogP contribution in [-0.4, -0.2) is 11.9 Å². The van der Waals surface area contributed by atoms with Gasteiger partial charge in [-0.3, -0.25) is 0 Å². The van der Waals surface area contributed by atoms with Crippen molar-refractivity contribution in [2.75, 3.05) is 0 Å². The van der Waals surface area contributed by atoms with Crippen LogP contribution in [-0.2, 0) is 0 Å². The molecule has 1 heterocycles. The SMILES string of the molecule is C1=CCC(C2CCC2)=NN=C1. The Hall–Kier alpha value is -0.920. The van der Waals surface area contributed by atoms with Crippen molar-refractivity contribution in [3.8, 4) is 0 Å². The number of hydrogen-bond acceptors (Lipinski definition) is 2. The molecule has 11 heavy (non-hydrogen) atoms. The molecule has 0 atom stereocenters. The second kappa shape index (κ2) is 2.99. The van der Waals surface area contributed by atoms with Crippen molar-refractivity contribution in [1.29, 1.82) is 0 Å². The fourth-order valence-corrected chi connectivity index (χ4v) is 1.43. The Morgan fingerprint density at radius 2 is 2.27 bits per heavy atom. The molecule has 2 aliphatic rings. The first-order valence-corrected chi connectivity index (χ1v) is 4.22. The molecule has 1 saturated carbocycles. The van der Waals surface area contributed by atoms with Crippen LogP contribution in [0.25, 0.3) is 0 Å². The van der Waals surface area contributed by atoms with Crippen molar-refractivity contribution in [2.24, 2.45) is 16.1 Å². The molecule has 0 spiro atoms. The van der Waals surface area contributed by atoms with Gasteiger partial charge in [-0.15, -0.1) is 0 Å². The maximum atomic E-state index is 4.17. The van der Waals surface area contributed by atoms with E-state index in [2.05, 4.69) is 16.3 Å². The normalized spacial score (nSPS) is 24.2. The summed E-state index contributed by atoms with van der Waals surface area (Å²) in [6.07, 6.45) is 10.9. The van der Waals surface area contributed by atoms with E-state index < -0.39 is 0 Å². The summed E-state index contributed by atoms with van der Waals surface area (Å²) in [5.41, 5.74) is 1.28. The second-order valence-corrected chi connectivity index (χ2v) is 3.12. The highest BCUT2D eigenvalue weighted by Crippen LogP contribution is 2.29. The third kappa shape index (κ3) is 1.39. The molecule has 0 unspecified atom stereocenters. The first-order chi connectivity index (χ1) is 5.47. The first-order valence-electron chi connectivity index (χ1n) is 4.22. The van der Waals surface area contributed by atoms with E-state index in [1.54, 1.807) is 6.21 Å². The van der Waals surface area contributed by atoms with Crippen LogP contribution >= 0.6 is 0 Å². The maximum absolute atomic E-state index is 4.17. The molecule has 2 rings (SSSR count). The molecule has 0 bridgehead atoms. The van der Waals surface area contributed by atoms with Crippen molar-refractivity contribution in [1.82, 2.24) is 0 Å². The molecule has 0 radical (unpaired) electrons. The van der Waals surface area contributed by atoms with Gasteiger partial charge in [0.25, 0.3) is 0 Å². The van der Waals surface area contributed by atoms with E-state index in [9.17, 15) is 0 Å². The van der Waals surface area contributed by atoms with E-state index in [4.69, 9.17) is 0 Å². The van der Waals surface area contributed by atoms with Gasteiger partial charge in [-0.2, -0.15) is 10.2 Å². The Morgan fingerprint density at radius 1 is 1.36 bits per heavy atom. The van der Waals surface area contributed by atoms with Gasteiger partial charge in [0.05, 0.1) is 0 Å². The summed E-state index contributed by atoms with van der Waals surface area (Å²) in [4.78, 5) is 0. The van der Waals surface area contributed by atoms with Crippen LogP contribution in [0, 0.1) is 5.92 Å². The Balaban J connectivity index is 2.06. The van der Waals surface area contributed by atoms with Crippen LogP contribution in [0.2, 0.25) is 0 Å². The van der Waals surface area contributed by atoms with Gasteiger partial charge >= 0.3 is 0 Å². The molecule has 2 heteroatoms. The van der Waals surface area contributed by atoms with E-state index in [-0.39, 0.29) is 0 Å². The van der Waals surface area contributed by atoms with Gasteiger partial charge in [0.1, 0.15) is 0 Å². The third-order valence-corrected chi connectivity index (χ3v) is 2.38. The highest BCUT2D eigenvalue weighted by Gasteiger charge is 2.22. The van der Waals surface area contributed by atoms with Crippen molar-refractivity contribution >= 4 is 11.9 Å². The molecule has 1 aliphatic carbocycles. The molecule has 58 valence electrons. The van der Waals surface area contributed by atoms with Crippen LogP contribution in [0.5, 0.6) is 0 Å². The summed E-state index contributed by atoms with van der Waals surface area (Å²) in [6.45, 7) is 0. The lowest BCUT2D eigenvalue weighted by Gasteiger charge is -2.25. The Morgan fingerprint density at radius 3 is 3.00 bits per heavy atom. The van der Waals surface area contributed by atoms with Gasteiger partial charge in [0.15, 0.2) is 0 Å². The zero-order valence-corrected chi connectivity index (χ0v) is 6.53. The standard InChI is InChI=1S/C9H12N2/c1-2-7-10-11-9(6-1)8-4-3-5-8/h1-2,7-8H,3-6H2. The highest BCUT2D eigenvalue weighted by molar-refractivity contribution is 5.90. The molecule has 0 saturated heterocycles. The summed E-state index contributed by atoms with van der Waals surface area (Å²) in [5, 5.41) is 8.10. The summed E-state index contributed by atoms with van der Waals surface area (Å²) in [5.74, 6) is 0.745. The molecule has 1 fully saturated rings. The summed E-state index contributed by atoms with van der Waals surface area (Å²) in [7, 11) is 0. The molecule has 0 amide bonds. The topological polar surface area (TPSA) is 24.7 Å². The predicted octanol–water partition coefficient (Wildman–Crippen LogP) is 2.17. The van der Waals surface area contributed by atoms with Gasteiger partial charge in [-0.05, 0) is 24.8 Å². The third-order valence-electron chi connectivity index (χ3n) is 2.38. The monoisotopic (exact) mass is 148 g/mol. The lowest BCUT2D eigenvalue weighted by atomic mass is 9.80. The van der Waals surface area contributed by atoms with Crippen LogP contribution in [0.15, 0.2) is 22.4 Å². The molecule has 0 aromatic heterocycles. The zero-order chi connectivity index (χ0) is 7.52. The smallest absolute Gasteiger partial charge is 0.0492 e. The zero-order valence-electron chi connectivity index (χ0n) is 6.53. The average molecular weight is 148 g/mol. The van der Waals surface area contributed by atoms with Crippen molar-refractivity contribution in [2.45, 2.75) is 25.7 Å². The average Bonchev–Trinajstić information content (AvgIpc) is 2.12. The number of hydrogen-bond donors (Lipinski definition) is 0. The van der Waals surface area contributed by atoms with E-state index in [1.165, 1.54) is 25.0 Å². The molecule has 2 nitrogen and oxygen atoms in total. The van der Waals surface area contributed by atoms with Gasteiger partial charge in [0.2, 0.25) is 0 Å². The van der Waals surface area contributed by atoms with Gasteiger partial charge in [-0.1, -0.05) is 12.5 Å². The van der Waals surface area contributed by atoms with Gasteiger partial charge < -0.3 is 0 Å². The van der Waals surface area contributed by atoms with Gasteiger partial charge in [-0.25, -0.2) is 0 Å². The molecule has 1 aliphatic heterocycles. The van der Waals surface area contributed by atoms with Crippen molar-refractivity contribution in [3.05, 3.63) is 12.2 Å². The summed E-state index contributed by atoms with van der Waals surface area (Å²) >= 11 is 0. The Kier molecular flexibility index (Phi) is 1.84. The predicted molar refractivity (Wildman–Crippen MR) is 47.0 cm³/mol. The Bertz CT molecular complexity index is 222. The fraction of sp³-hybridized carbons (Fsp3) is 0.556. The minimum Gasteiger partial charge on any atom is -0.160 e. The van der Waals surface area contributed by atoms with Crippen LogP contribution < -0.4 is 0 Å². The molecule has 0 N–H and O–H groups in total. The van der Waals surface area contributed by atoms with Crippen molar-refractivity contribution < 1.29 is 0 Å². The number of allylic oxidation sites excluding steroid dienone is 2. The van der Waals surface area contributed by atoms with Crippen molar-refractivity contribution in [3.63, 3.8) is 0 Å². The molecular formula is C9H12N2. The fourth-order valence-electron chi connectivity index (χ4n) is 1.43.